The third-order valence-electron chi connectivity index (χ3n) is 3.88. The van der Waals surface area contributed by atoms with Crippen molar-refractivity contribution in [1.29, 1.82) is 0 Å². The number of imidazole rings is 1. The van der Waals surface area contributed by atoms with Crippen LogP contribution in [-0.2, 0) is 15.1 Å². The van der Waals surface area contributed by atoms with E-state index in [0.29, 0.717) is 24.0 Å². The van der Waals surface area contributed by atoms with Crippen LogP contribution in [0.4, 0.5) is 0 Å². The first-order valence-corrected chi connectivity index (χ1v) is 5.71. The smallest absolute Gasteiger partial charge is 0.252 e. The van der Waals surface area contributed by atoms with E-state index in [9.17, 15) is 9.59 Å². The number of imide groups is 1. The number of fused-ring (bicyclic) bond motifs is 3. The zero-order chi connectivity index (χ0) is 12.3. The van der Waals surface area contributed by atoms with Crippen molar-refractivity contribution in [3.8, 4) is 0 Å². The minimum Gasteiger partial charge on any atom is -0.298 e. The molecule has 2 amide bonds. The molecule has 7 nitrogen and oxygen atoms in total. The fourth-order valence-electron chi connectivity index (χ4n) is 2.84. The van der Waals surface area contributed by atoms with E-state index in [1.165, 1.54) is 0 Å². The van der Waals surface area contributed by atoms with Crippen LogP contribution in [0.15, 0.2) is 18.6 Å². The average molecular weight is 243 g/mol. The molecule has 4 heterocycles. The number of hydrogen-bond donors (Lipinski definition) is 1. The molecule has 5 rings (SSSR count). The van der Waals surface area contributed by atoms with E-state index < -0.39 is 5.54 Å². The normalized spacial score (nSPS) is 30.1. The molecule has 0 spiro atoms. The predicted molar refractivity (Wildman–Crippen MR) is 59.2 cm³/mol. The topological polar surface area (TPSA) is 89.8 Å². The zero-order valence-corrected chi connectivity index (χ0v) is 9.33. The second-order valence-electron chi connectivity index (χ2n) is 4.81. The summed E-state index contributed by atoms with van der Waals surface area (Å²) in [5.41, 5.74) is 0.580. The number of aromatic nitrogens is 4. The number of carbonyl (C=O) groups excluding carboxylic acids is 2. The summed E-state index contributed by atoms with van der Waals surface area (Å²) in [4.78, 5) is 27.7. The summed E-state index contributed by atoms with van der Waals surface area (Å²) in [6.07, 6.45) is 4.22. The Labute approximate surface area is 101 Å². The molecular formula is C11H9N5O2. The molecule has 90 valence electrons. The number of nitrogens with one attached hydrogen (secondary N) is 1. The number of amides is 2. The Morgan fingerprint density at radius 2 is 2.22 bits per heavy atom. The first-order valence-electron chi connectivity index (χ1n) is 5.71. The summed E-state index contributed by atoms with van der Waals surface area (Å²) < 4.78 is 1.74. The zero-order valence-electron chi connectivity index (χ0n) is 9.33. The lowest BCUT2D eigenvalue weighted by atomic mass is 9.64. The SMILES string of the molecule is O=C1NC(=O)C2(n3cnc4ccnnc43)CC1C2. The summed E-state index contributed by atoms with van der Waals surface area (Å²) >= 11 is 0. The van der Waals surface area contributed by atoms with Crippen LogP contribution in [-0.4, -0.2) is 31.6 Å². The third-order valence-corrected chi connectivity index (χ3v) is 3.88. The Morgan fingerprint density at radius 1 is 1.39 bits per heavy atom. The van der Waals surface area contributed by atoms with Gasteiger partial charge < -0.3 is 0 Å². The molecule has 0 aromatic carbocycles. The molecular weight excluding hydrogens is 234 g/mol. The van der Waals surface area contributed by atoms with E-state index in [2.05, 4.69) is 20.5 Å². The van der Waals surface area contributed by atoms with Crippen molar-refractivity contribution in [2.45, 2.75) is 18.4 Å². The van der Waals surface area contributed by atoms with Crippen molar-refractivity contribution < 1.29 is 9.59 Å². The molecule has 2 aliphatic heterocycles. The van der Waals surface area contributed by atoms with Crippen LogP contribution in [0.5, 0.6) is 0 Å². The molecule has 2 aromatic heterocycles. The maximum atomic E-state index is 12.1. The molecule has 0 atom stereocenters. The second kappa shape index (κ2) is 2.92. The largest absolute Gasteiger partial charge is 0.298 e. The quantitative estimate of drug-likeness (QED) is 0.687. The maximum absolute atomic E-state index is 12.1. The lowest BCUT2D eigenvalue weighted by molar-refractivity contribution is -0.156. The standard InChI is InChI=1S/C11H9N5O2/c17-9-6-3-11(4-6,10(18)14-9)16-5-12-7-1-2-13-15-8(7)16/h1-2,5-6H,3-4H2,(H,14,17,18). The molecule has 3 fully saturated rings. The molecule has 7 heteroatoms. The molecule has 0 radical (unpaired) electrons. The number of carbonyl (C=O) groups is 2. The summed E-state index contributed by atoms with van der Waals surface area (Å²) in [5, 5.41) is 10.2. The van der Waals surface area contributed by atoms with Gasteiger partial charge in [0.2, 0.25) is 5.91 Å². The molecule has 1 saturated carbocycles. The fourth-order valence-corrected chi connectivity index (χ4v) is 2.84. The highest BCUT2D eigenvalue weighted by atomic mass is 16.2. The fraction of sp³-hybridized carbons (Fsp3) is 0.364. The maximum Gasteiger partial charge on any atom is 0.252 e. The Hall–Kier alpha value is -2.31. The van der Waals surface area contributed by atoms with Crippen LogP contribution in [0, 0.1) is 5.92 Å². The van der Waals surface area contributed by atoms with Gasteiger partial charge in [-0.2, -0.15) is 5.10 Å². The second-order valence-corrected chi connectivity index (χ2v) is 4.81. The van der Waals surface area contributed by atoms with Crippen molar-refractivity contribution in [1.82, 2.24) is 25.1 Å². The number of hydrogen-bond acceptors (Lipinski definition) is 5. The molecule has 1 N–H and O–H groups in total. The van der Waals surface area contributed by atoms with Crippen LogP contribution in [0.3, 0.4) is 0 Å². The van der Waals surface area contributed by atoms with Gasteiger partial charge in [0.25, 0.3) is 5.91 Å². The van der Waals surface area contributed by atoms with Gasteiger partial charge in [-0.1, -0.05) is 0 Å². The molecule has 2 aromatic rings. The van der Waals surface area contributed by atoms with Gasteiger partial charge in [-0.05, 0) is 18.9 Å². The Bertz CT molecular complexity index is 686. The number of nitrogens with zero attached hydrogens (tertiary/aromatic N) is 4. The van der Waals surface area contributed by atoms with E-state index in [1.54, 1.807) is 23.2 Å². The highest BCUT2D eigenvalue weighted by Crippen LogP contribution is 2.48. The van der Waals surface area contributed by atoms with Gasteiger partial charge in [-0.3, -0.25) is 19.5 Å². The molecule has 3 aliphatic rings. The molecule has 1 aliphatic carbocycles. The third kappa shape index (κ3) is 0.969. The highest BCUT2D eigenvalue weighted by molar-refractivity contribution is 6.06. The van der Waals surface area contributed by atoms with Gasteiger partial charge in [0.15, 0.2) is 5.65 Å². The van der Waals surface area contributed by atoms with E-state index in [-0.39, 0.29) is 17.7 Å². The lowest BCUT2D eigenvalue weighted by Crippen LogP contribution is -2.66. The Kier molecular flexibility index (Phi) is 1.57. The van der Waals surface area contributed by atoms with Crippen molar-refractivity contribution in [3.63, 3.8) is 0 Å². The Balaban J connectivity index is 1.89. The average Bonchev–Trinajstić information content (AvgIpc) is 2.71. The van der Waals surface area contributed by atoms with E-state index in [0.717, 1.165) is 0 Å². The predicted octanol–water partition coefficient (Wildman–Crippen LogP) is -0.412. The molecule has 2 bridgehead atoms. The van der Waals surface area contributed by atoms with E-state index in [4.69, 9.17) is 0 Å². The van der Waals surface area contributed by atoms with Crippen LogP contribution >= 0.6 is 0 Å². The minimum absolute atomic E-state index is 0.0724. The highest BCUT2D eigenvalue weighted by Gasteiger charge is 2.59. The Morgan fingerprint density at radius 3 is 3.00 bits per heavy atom. The summed E-state index contributed by atoms with van der Waals surface area (Å²) in [7, 11) is 0. The van der Waals surface area contributed by atoms with E-state index >= 15 is 0 Å². The van der Waals surface area contributed by atoms with Gasteiger partial charge in [0.05, 0.1) is 12.5 Å². The van der Waals surface area contributed by atoms with Gasteiger partial charge in [0, 0.05) is 5.92 Å². The van der Waals surface area contributed by atoms with Crippen LogP contribution < -0.4 is 5.32 Å². The van der Waals surface area contributed by atoms with Gasteiger partial charge in [-0.15, -0.1) is 5.10 Å². The molecule has 18 heavy (non-hydrogen) atoms. The van der Waals surface area contributed by atoms with E-state index in [1.807, 2.05) is 0 Å². The van der Waals surface area contributed by atoms with Crippen molar-refractivity contribution in [2.75, 3.05) is 0 Å². The van der Waals surface area contributed by atoms with Crippen molar-refractivity contribution in [2.24, 2.45) is 5.92 Å². The summed E-state index contributed by atoms with van der Waals surface area (Å²) in [6, 6.07) is 1.75. The van der Waals surface area contributed by atoms with Gasteiger partial charge in [0.1, 0.15) is 11.1 Å². The first-order chi connectivity index (χ1) is 8.71. The minimum atomic E-state index is -0.705. The molecule has 2 saturated heterocycles. The molecule has 0 unspecified atom stereocenters. The summed E-state index contributed by atoms with van der Waals surface area (Å²) in [6.45, 7) is 0. The van der Waals surface area contributed by atoms with Crippen LogP contribution in [0.25, 0.3) is 11.2 Å². The first kappa shape index (κ1) is 9.69. The van der Waals surface area contributed by atoms with Gasteiger partial charge >= 0.3 is 0 Å². The monoisotopic (exact) mass is 243 g/mol. The number of rotatable bonds is 1. The summed E-state index contributed by atoms with van der Waals surface area (Å²) in [5.74, 6) is -0.505. The number of piperidine rings is 2. The van der Waals surface area contributed by atoms with Gasteiger partial charge in [-0.25, -0.2) is 4.98 Å². The lowest BCUT2D eigenvalue weighted by Gasteiger charge is -2.49. The van der Waals surface area contributed by atoms with Crippen molar-refractivity contribution >= 4 is 23.0 Å². The van der Waals surface area contributed by atoms with Crippen molar-refractivity contribution in [3.05, 3.63) is 18.6 Å². The van der Waals surface area contributed by atoms with Crippen LogP contribution in [0.1, 0.15) is 12.8 Å². The van der Waals surface area contributed by atoms with Crippen LogP contribution in [0.2, 0.25) is 0 Å².